The molecule has 0 spiro atoms. The second-order valence-electron chi connectivity index (χ2n) is 6.43. The van der Waals surface area contributed by atoms with E-state index in [2.05, 4.69) is 15.4 Å². The Balaban J connectivity index is 1.75. The van der Waals surface area contributed by atoms with Crippen LogP contribution in [0.3, 0.4) is 0 Å². The number of pyridine rings is 1. The lowest BCUT2D eigenvalue weighted by Crippen LogP contribution is -2.24. The van der Waals surface area contributed by atoms with Crippen molar-refractivity contribution < 1.29 is 8.78 Å². The van der Waals surface area contributed by atoms with Gasteiger partial charge in [-0.2, -0.15) is 9.78 Å². The molecule has 2 aromatic carbocycles. The summed E-state index contributed by atoms with van der Waals surface area (Å²) in [7, 11) is 0. The van der Waals surface area contributed by atoms with Crippen LogP contribution in [0.4, 0.5) is 14.5 Å². The normalized spacial score (nSPS) is 11.8. The number of nitrogens with zero attached hydrogens (tertiary/aromatic N) is 3. The van der Waals surface area contributed by atoms with E-state index in [1.165, 1.54) is 6.20 Å². The molecule has 2 aromatic heterocycles. The molecule has 0 bridgehead atoms. The molecule has 150 valence electrons. The Morgan fingerprint density at radius 3 is 2.47 bits per heavy atom. The molecule has 8 heteroatoms. The first-order valence-electron chi connectivity index (χ1n) is 9.00. The number of hydrogen-bond acceptors (Lipinski definition) is 4. The lowest BCUT2D eigenvalue weighted by Gasteiger charge is -2.20. The van der Waals surface area contributed by atoms with E-state index >= 15 is 0 Å². The van der Waals surface area contributed by atoms with Crippen LogP contribution in [-0.2, 0) is 0 Å². The maximum Gasteiger partial charge on any atom is 0.292 e. The maximum absolute atomic E-state index is 14.1. The summed E-state index contributed by atoms with van der Waals surface area (Å²) in [6.07, 6.45) is 2.99. The van der Waals surface area contributed by atoms with E-state index in [0.29, 0.717) is 11.8 Å². The highest BCUT2D eigenvalue weighted by molar-refractivity contribution is 6.33. The van der Waals surface area contributed by atoms with Crippen LogP contribution in [0.15, 0.2) is 83.9 Å². The molecule has 5 nitrogen and oxygen atoms in total. The highest BCUT2D eigenvalue weighted by Crippen LogP contribution is 2.28. The molecule has 0 aliphatic heterocycles. The Morgan fingerprint density at radius 1 is 1.00 bits per heavy atom. The van der Waals surface area contributed by atoms with E-state index in [0.717, 1.165) is 22.4 Å². The van der Waals surface area contributed by atoms with Crippen LogP contribution in [-0.4, -0.2) is 14.8 Å². The van der Waals surface area contributed by atoms with Gasteiger partial charge in [-0.25, -0.2) is 8.78 Å². The van der Waals surface area contributed by atoms with Gasteiger partial charge in [-0.05, 0) is 29.8 Å². The van der Waals surface area contributed by atoms with Crippen LogP contribution in [0.5, 0.6) is 0 Å². The summed E-state index contributed by atoms with van der Waals surface area (Å²) < 4.78 is 28.1. The lowest BCUT2D eigenvalue weighted by atomic mass is 10.0. The van der Waals surface area contributed by atoms with E-state index in [4.69, 9.17) is 11.6 Å². The summed E-state index contributed by atoms with van der Waals surface area (Å²) in [6.45, 7) is 0. The molecule has 0 saturated heterocycles. The van der Waals surface area contributed by atoms with Crippen molar-refractivity contribution in [3.05, 3.63) is 117 Å². The zero-order valence-electron chi connectivity index (χ0n) is 15.5. The maximum atomic E-state index is 14.1. The lowest BCUT2D eigenvalue weighted by molar-refractivity contribution is 0.570. The predicted molar refractivity (Wildman–Crippen MR) is 111 cm³/mol. The van der Waals surface area contributed by atoms with Crippen LogP contribution < -0.4 is 10.9 Å². The fourth-order valence-corrected chi connectivity index (χ4v) is 3.22. The van der Waals surface area contributed by atoms with Crippen molar-refractivity contribution in [2.24, 2.45) is 0 Å². The third kappa shape index (κ3) is 3.92. The van der Waals surface area contributed by atoms with Crippen LogP contribution in [0.25, 0.3) is 5.69 Å². The van der Waals surface area contributed by atoms with E-state index in [1.54, 1.807) is 12.3 Å². The van der Waals surface area contributed by atoms with Gasteiger partial charge in [-0.15, -0.1) is 0 Å². The fourth-order valence-electron chi connectivity index (χ4n) is 3.03. The molecule has 4 rings (SSSR count). The number of rotatable bonds is 5. The van der Waals surface area contributed by atoms with Gasteiger partial charge in [0.25, 0.3) is 5.56 Å². The SMILES string of the molecule is O=c1c(Cl)c(NC(c2ccccc2)c2ccccn2)cnn1-c1ccc(F)cc1F. The highest BCUT2D eigenvalue weighted by Gasteiger charge is 2.19. The predicted octanol–water partition coefficient (Wildman–Crippen LogP) is 4.76. The Labute approximate surface area is 175 Å². The Kier molecular flexibility index (Phi) is 5.54. The van der Waals surface area contributed by atoms with Gasteiger partial charge in [0.1, 0.15) is 16.5 Å². The monoisotopic (exact) mass is 424 g/mol. The molecule has 30 heavy (non-hydrogen) atoms. The number of anilines is 1. The third-order valence-corrected chi connectivity index (χ3v) is 4.84. The van der Waals surface area contributed by atoms with Crippen molar-refractivity contribution in [3.63, 3.8) is 0 Å². The Hall–Kier alpha value is -3.58. The summed E-state index contributed by atoms with van der Waals surface area (Å²) in [5.74, 6) is -1.67. The molecular weight excluding hydrogens is 410 g/mol. The van der Waals surface area contributed by atoms with E-state index in [-0.39, 0.29) is 16.4 Å². The number of hydrogen-bond donors (Lipinski definition) is 1. The van der Waals surface area contributed by atoms with Gasteiger partial charge in [-0.1, -0.05) is 48.0 Å². The Morgan fingerprint density at radius 2 is 1.77 bits per heavy atom. The zero-order chi connectivity index (χ0) is 21.1. The smallest absolute Gasteiger partial charge is 0.292 e. The van der Waals surface area contributed by atoms with Crippen LogP contribution in [0.2, 0.25) is 5.02 Å². The van der Waals surface area contributed by atoms with Gasteiger partial charge < -0.3 is 5.32 Å². The van der Waals surface area contributed by atoms with Gasteiger partial charge in [0.2, 0.25) is 0 Å². The molecule has 0 aliphatic carbocycles. The average Bonchev–Trinajstić information content (AvgIpc) is 2.77. The quantitative estimate of drug-likeness (QED) is 0.501. The van der Waals surface area contributed by atoms with Crippen molar-refractivity contribution in [3.8, 4) is 5.69 Å². The number of halogens is 3. The molecule has 1 unspecified atom stereocenters. The highest BCUT2D eigenvalue weighted by atomic mass is 35.5. The molecule has 0 aliphatic rings. The molecule has 2 heterocycles. The van der Waals surface area contributed by atoms with Crippen LogP contribution >= 0.6 is 11.6 Å². The topological polar surface area (TPSA) is 59.8 Å². The second-order valence-corrected chi connectivity index (χ2v) is 6.81. The summed E-state index contributed by atoms with van der Waals surface area (Å²) >= 11 is 6.30. The Bertz CT molecular complexity index is 1190. The summed E-state index contributed by atoms with van der Waals surface area (Å²) in [5, 5.41) is 7.04. The molecule has 0 radical (unpaired) electrons. The van der Waals surface area contributed by atoms with Gasteiger partial charge in [-0.3, -0.25) is 9.78 Å². The van der Waals surface area contributed by atoms with E-state index in [9.17, 15) is 13.6 Å². The van der Waals surface area contributed by atoms with Gasteiger partial charge in [0, 0.05) is 12.3 Å². The molecule has 0 saturated carbocycles. The molecule has 0 fully saturated rings. The van der Waals surface area contributed by atoms with Crippen molar-refractivity contribution >= 4 is 17.3 Å². The van der Waals surface area contributed by atoms with Crippen molar-refractivity contribution in [2.75, 3.05) is 5.32 Å². The van der Waals surface area contributed by atoms with Crippen LogP contribution in [0, 0.1) is 11.6 Å². The van der Waals surface area contributed by atoms with Crippen molar-refractivity contribution in [1.29, 1.82) is 0 Å². The fraction of sp³-hybridized carbons (Fsp3) is 0.0455. The van der Waals surface area contributed by atoms with Gasteiger partial charge in [0.15, 0.2) is 5.82 Å². The minimum absolute atomic E-state index is 0.175. The van der Waals surface area contributed by atoms with Gasteiger partial charge >= 0.3 is 0 Å². The number of nitrogens with one attached hydrogen (secondary N) is 1. The van der Waals surface area contributed by atoms with Crippen molar-refractivity contribution in [1.82, 2.24) is 14.8 Å². The molecule has 4 aromatic rings. The van der Waals surface area contributed by atoms with E-state index in [1.807, 2.05) is 42.5 Å². The van der Waals surface area contributed by atoms with E-state index < -0.39 is 23.2 Å². The first-order valence-corrected chi connectivity index (χ1v) is 9.38. The molecule has 1 atom stereocenters. The minimum atomic E-state index is -0.919. The standard InChI is InChI=1S/C22H15ClF2N4O/c23-20-18(13-27-29(22(20)30)19-10-9-15(24)12-16(19)25)28-21(14-6-2-1-3-7-14)17-8-4-5-11-26-17/h1-13,21,28H. The first kappa shape index (κ1) is 19.7. The second kappa shape index (κ2) is 8.42. The van der Waals surface area contributed by atoms with Crippen LogP contribution in [0.1, 0.15) is 17.3 Å². The average molecular weight is 425 g/mol. The first-order chi connectivity index (χ1) is 14.5. The van der Waals surface area contributed by atoms with Crippen molar-refractivity contribution in [2.45, 2.75) is 6.04 Å². The zero-order valence-corrected chi connectivity index (χ0v) is 16.2. The summed E-state index contributed by atoms with van der Waals surface area (Å²) in [5.41, 5.74) is 0.952. The molecule has 0 amide bonds. The largest absolute Gasteiger partial charge is 0.370 e. The van der Waals surface area contributed by atoms with Gasteiger partial charge in [0.05, 0.1) is 23.6 Å². The number of benzene rings is 2. The molecule has 1 N–H and O–H groups in total. The third-order valence-electron chi connectivity index (χ3n) is 4.47. The number of aromatic nitrogens is 3. The minimum Gasteiger partial charge on any atom is -0.370 e. The summed E-state index contributed by atoms with van der Waals surface area (Å²) in [6, 6.07) is 17.5. The summed E-state index contributed by atoms with van der Waals surface area (Å²) in [4.78, 5) is 17.1. The molecular formula is C22H15ClF2N4O.